The standard InChI is InChI=1S/C20H15ClN2O3S/c1-2-25-15-7-8-17-13(9-15)10-18(26-17)16-11-27-20(22-16)23-19(24)12-3-5-14(21)6-4-12/h3-11H,2H2,1H3,(H,22,23,24). The lowest BCUT2D eigenvalue weighted by Gasteiger charge is -2.01. The van der Waals surface area contributed by atoms with E-state index in [0.717, 1.165) is 16.7 Å². The van der Waals surface area contributed by atoms with Crippen LogP contribution in [0.25, 0.3) is 22.4 Å². The van der Waals surface area contributed by atoms with E-state index in [1.807, 2.05) is 36.6 Å². The molecule has 0 bridgehead atoms. The van der Waals surface area contributed by atoms with Crippen molar-refractivity contribution in [1.29, 1.82) is 0 Å². The molecule has 27 heavy (non-hydrogen) atoms. The fourth-order valence-electron chi connectivity index (χ4n) is 2.62. The Morgan fingerprint density at radius 3 is 2.81 bits per heavy atom. The van der Waals surface area contributed by atoms with Gasteiger partial charge in [-0.3, -0.25) is 10.1 Å². The average Bonchev–Trinajstić information content (AvgIpc) is 3.28. The highest BCUT2D eigenvalue weighted by atomic mass is 35.5. The summed E-state index contributed by atoms with van der Waals surface area (Å²) in [6.45, 7) is 2.55. The molecule has 0 spiro atoms. The normalized spacial score (nSPS) is 10.9. The molecular weight excluding hydrogens is 384 g/mol. The topological polar surface area (TPSA) is 64.4 Å². The summed E-state index contributed by atoms with van der Waals surface area (Å²) in [5, 5.41) is 6.66. The summed E-state index contributed by atoms with van der Waals surface area (Å²) in [7, 11) is 0. The summed E-state index contributed by atoms with van der Waals surface area (Å²) in [5.74, 6) is 1.20. The molecule has 0 saturated carbocycles. The minimum absolute atomic E-state index is 0.237. The predicted octanol–water partition coefficient (Wildman–Crippen LogP) is 5.86. The molecule has 0 unspecified atom stereocenters. The molecule has 136 valence electrons. The predicted molar refractivity (Wildman–Crippen MR) is 108 cm³/mol. The first-order valence-electron chi connectivity index (χ1n) is 8.31. The third-order valence-electron chi connectivity index (χ3n) is 3.88. The molecule has 0 radical (unpaired) electrons. The van der Waals surface area contributed by atoms with Gasteiger partial charge in [0.25, 0.3) is 5.91 Å². The fraction of sp³-hybridized carbons (Fsp3) is 0.100. The van der Waals surface area contributed by atoms with Crippen molar-refractivity contribution in [2.45, 2.75) is 6.92 Å². The molecule has 5 nitrogen and oxygen atoms in total. The van der Waals surface area contributed by atoms with Gasteiger partial charge in [-0.05, 0) is 55.5 Å². The van der Waals surface area contributed by atoms with E-state index in [4.69, 9.17) is 20.8 Å². The number of amides is 1. The van der Waals surface area contributed by atoms with Gasteiger partial charge in [0.15, 0.2) is 10.9 Å². The number of carbonyl (C=O) groups excluding carboxylic acids is 1. The van der Waals surface area contributed by atoms with Gasteiger partial charge < -0.3 is 9.15 Å². The number of hydrogen-bond donors (Lipinski definition) is 1. The highest BCUT2D eigenvalue weighted by molar-refractivity contribution is 7.14. The van der Waals surface area contributed by atoms with Crippen molar-refractivity contribution in [3.05, 3.63) is 64.5 Å². The zero-order valence-electron chi connectivity index (χ0n) is 14.4. The first-order chi connectivity index (χ1) is 13.1. The molecule has 4 aromatic rings. The number of furan rings is 1. The smallest absolute Gasteiger partial charge is 0.257 e. The Morgan fingerprint density at radius 2 is 2.04 bits per heavy atom. The monoisotopic (exact) mass is 398 g/mol. The number of benzene rings is 2. The second kappa shape index (κ2) is 7.42. The summed E-state index contributed by atoms with van der Waals surface area (Å²) < 4.78 is 11.4. The maximum absolute atomic E-state index is 12.3. The van der Waals surface area contributed by atoms with Crippen LogP contribution in [0.5, 0.6) is 5.75 Å². The van der Waals surface area contributed by atoms with Gasteiger partial charge in [-0.2, -0.15) is 0 Å². The van der Waals surface area contributed by atoms with E-state index >= 15 is 0 Å². The molecule has 7 heteroatoms. The highest BCUT2D eigenvalue weighted by Gasteiger charge is 2.13. The minimum Gasteiger partial charge on any atom is -0.494 e. The van der Waals surface area contributed by atoms with Crippen molar-refractivity contribution < 1.29 is 13.9 Å². The van der Waals surface area contributed by atoms with E-state index in [0.29, 0.717) is 33.8 Å². The Hall–Kier alpha value is -2.83. The number of hydrogen-bond acceptors (Lipinski definition) is 5. The van der Waals surface area contributed by atoms with Gasteiger partial charge in [0, 0.05) is 21.4 Å². The lowest BCUT2D eigenvalue weighted by atomic mass is 10.2. The molecule has 0 saturated heterocycles. The molecule has 2 aromatic heterocycles. The van der Waals surface area contributed by atoms with Crippen LogP contribution in [0.15, 0.2) is 58.3 Å². The molecule has 1 N–H and O–H groups in total. The molecule has 0 aliphatic rings. The quantitative estimate of drug-likeness (QED) is 0.457. The van der Waals surface area contributed by atoms with E-state index < -0.39 is 0 Å². The highest BCUT2D eigenvalue weighted by Crippen LogP contribution is 2.32. The third kappa shape index (κ3) is 3.82. The molecule has 2 aromatic carbocycles. The van der Waals surface area contributed by atoms with Crippen LogP contribution in [-0.2, 0) is 0 Å². The number of aromatic nitrogens is 1. The van der Waals surface area contributed by atoms with Crippen LogP contribution in [0.2, 0.25) is 5.02 Å². The van der Waals surface area contributed by atoms with Crippen molar-refractivity contribution in [3.8, 4) is 17.2 Å². The van der Waals surface area contributed by atoms with Crippen LogP contribution in [0.1, 0.15) is 17.3 Å². The summed E-state index contributed by atoms with van der Waals surface area (Å²) >= 11 is 7.19. The van der Waals surface area contributed by atoms with Crippen molar-refractivity contribution >= 4 is 44.9 Å². The number of carbonyl (C=O) groups is 1. The van der Waals surface area contributed by atoms with Gasteiger partial charge >= 0.3 is 0 Å². The number of halogens is 1. The first-order valence-corrected chi connectivity index (χ1v) is 9.57. The van der Waals surface area contributed by atoms with Crippen LogP contribution in [0.4, 0.5) is 5.13 Å². The molecule has 4 rings (SSSR count). The summed E-state index contributed by atoms with van der Waals surface area (Å²) in [6.07, 6.45) is 0. The van der Waals surface area contributed by atoms with Gasteiger partial charge in [0.1, 0.15) is 17.0 Å². The molecule has 0 aliphatic heterocycles. The Kier molecular flexibility index (Phi) is 4.83. The van der Waals surface area contributed by atoms with Crippen molar-refractivity contribution in [2.75, 3.05) is 11.9 Å². The van der Waals surface area contributed by atoms with E-state index in [1.54, 1.807) is 24.3 Å². The summed E-state index contributed by atoms with van der Waals surface area (Å²) in [4.78, 5) is 16.7. The SMILES string of the molecule is CCOc1ccc2oc(-c3csc(NC(=O)c4ccc(Cl)cc4)n3)cc2c1. The van der Waals surface area contributed by atoms with Crippen LogP contribution in [0, 0.1) is 0 Å². The van der Waals surface area contributed by atoms with Gasteiger partial charge in [0.05, 0.1) is 6.61 Å². The van der Waals surface area contributed by atoms with Crippen molar-refractivity contribution in [2.24, 2.45) is 0 Å². The lowest BCUT2D eigenvalue weighted by Crippen LogP contribution is -2.11. The number of fused-ring (bicyclic) bond motifs is 1. The number of nitrogens with zero attached hydrogens (tertiary/aromatic N) is 1. The minimum atomic E-state index is -0.237. The largest absolute Gasteiger partial charge is 0.494 e. The molecule has 0 fully saturated rings. The third-order valence-corrected chi connectivity index (χ3v) is 4.89. The van der Waals surface area contributed by atoms with E-state index in [2.05, 4.69) is 10.3 Å². The zero-order chi connectivity index (χ0) is 18.8. The van der Waals surface area contributed by atoms with Gasteiger partial charge in [-0.25, -0.2) is 4.98 Å². The van der Waals surface area contributed by atoms with Gasteiger partial charge in [-0.15, -0.1) is 11.3 Å². The van der Waals surface area contributed by atoms with E-state index in [-0.39, 0.29) is 5.91 Å². The van der Waals surface area contributed by atoms with Crippen LogP contribution in [0.3, 0.4) is 0 Å². The Bertz CT molecular complexity index is 1100. The second-order valence-electron chi connectivity index (χ2n) is 5.74. The molecule has 0 aliphatic carbocycles. The van der Waals surface area contributed by atoms with E-state index in [9.17, 15) is 4.79 Å². The summed E-state index contributed by atoms with van der Waals surface area (Å²) in [6, 6.07) is 14.3. The first kappa shape index (κ1) is 17.6. The molecule has 2 heterocycles. The molecule has 0 atom stereocenters. The molecular formula is C20H15ClN2O3S. The Morgan fingerprint density at radius 1 is 1.22 bits per heavy atom. The number of thiazole rings is 1. The number of nitrogens with one attached hydrogen (secondary N) is 1. The number of anilines is 1. The van der Waals surface area contributed by atoms with Gasteiger partial charge in [0.2, 0.25) is 0 Å². The van der Waals surface area contributed by atoms with Crippen LogP contribution >= 0.6 is 22.9 Å². The second-order valence-corrected chi connectivity index (χ2v) is 7.04. The maximum Gasteiger partial charge on any atom is 0.257 e. The Balaban J connectivity index is 1.54. The fourth-order valence-corrected chi connectivity index (χ4v) is 3.44. The van der Waals surface area contributed by atoms with Crippen molar-refractivity contribution in [1.82, 2.24) is 4.98 Å². The van der Waals surface area contributed by atoms with E-state index in [1.165, 1.54) is 11.3 Å². The van der Waals surface area contributed by atoms with Gasteiger partial charge in [-0.1, -0.05) is 11.6 Å². The lowest BCUT2D eigenvalue weighted by molar-refractivity contribution is 0.102. The number of ether oxygens (including phenoxy) is 1. The zero-order valence-corrected chi connectivity index (χ0v) is 15.9. The Labute approximate surface area is 164 Å². The maximum atomic E-state index is 12.3. The number of rotatable bonds is 5. The van der Waals surface area contributed by atoms with Crippen LogP contribution < -0.4 is 10.1 Å². The average molecular weight is 399 g/mol. The van der Waals surface area contributed by atoms with Crippen molar-refractivity contribution in [3.63, 3.8) is 0 Å². The summed E-state index contributed by atoms with van der Waals surface area (Å²) in [5.41, 5.74) is 1.94. The molecule has 1 amide bonds. The van der Waals surface area contributed by atoms with Crippen LogP contribution in [-0.4, -0.2) is 17.5 Å².